The van der Waals surface area contributed by atoms with E-state index in [9.17, 15) is 4.79 Å². The molecule has 3 saturated carbocycles. The normalized spacial score (nSPS) is 38.1. The van der Waals surface area contributed by atoms with E-state index in [1.54, 1.807) is 0 Å². The molecule has 1 amide bonds. The lowest BCUT2D eigenvalue weighted by Crippen LogP contribution is -2.19. The van der Waals surface area contributed by atoms with Crippen molar-refractivity contribution in [2.45, 2.75) is 26.2 Å². The first-order valence-electron chi connectivity index (χ1n) is 7.22. The number of benzene rings is 1. The Bertz CT molecular complexity index is 540. The number of carbonyl (C=O) groups is 1. The lowest BCUT2D eigenvalue weighted by Gasteiger charge is -2.11. The van der Waals surface area contributed by atoms with E-state index >= 15 is 0 Å². The first kappa shape index (κ1) is 11.8. The van der Waals surface area contributed by atoms with E-state index in [0.29, 0.717) is 16.9 Å². The quantitative estimate of drug-likeness (QED) is 0.872. The van der Waals surface area contributed by atoms with Gasteiger partial charge in [-0.15, -0.1) is 0 Å². The van der Waals surface area contributed by atoms with Gasteiger partial charge >= 0.3 is 0 Å². The molecular weight excluding hydrogens is 258 g/mol. The van der Waals surface area contributed by atoms with Gasteiger partial charge in [-0.3, -0.25) is 4.79 Å². The number of halogens is 1. The zero-order valence-electron chi connectivity index (χ0n) is 11.0. The number of carbonyl (C=O) groups excluding carboxylic acids is 1. The van der Waals surface area contributed by atoms with E-state index in [4.69, 9.17) is 11.6 Å². The number of hydrogen-bond acceptors (Lipinski definition) is 1. The van der Waals surface area contributed by atoms with Gasteiger partial charge in [0, 0.05) is 16.6 Å². The van der Waals surface area contributed by atoms with Crippen molar-refractivity contribution < 1.29 is 4.79 Å². The lowest BCUT2D eigenvalue weighted by molar-refractivity contribution is -0.118. The maximum Gasteiger partial charge on any atom is 0.228 e. The third-order valence-corrected chi connectivity index (χ3v) is 5.73. The molecule has 3 aliphatic rings. The molecular formula is C16H18ClNO. The van der Waals surface area contributed by atoms with Crippen LogP contribution in [-0.2, 0) is 4.79 Å². The van der Waals surface area contributed by atoms with Crippen molar-refractivity contribution in [3.63, 3.8) is 0 Å². The van der Waals surface area contributed by atoms with Crippen LogP contribution >= 0.6 is 11.6 Å². The Morgan fingerprint density at radius 1 is 1.26 bits per heavy atom. The Morgan fingerprint density at radius 3 is 2.63 bits per heavy atom. The van der Waals surface area contributed by atoms with Crippen LogP contribution in [0.15, 0.2) is 18.2 Å². The maximum atomic E-state index is 12.4. The van der Waals surface area contributed by atoms with Gasteiger partial charge in [-0.1, -0.05) is 17.7 Å². The van der Waals surface area contributed by atoms with Crippen molar-refractivity contribution in [3.8, 4) is 0 Å². The number of rotatable bonds is 2. The zero-order chi connectivity index (χ0) is 13.1. The summed E-state index contributed by atoms with van der Waals surface area (Å²) in [4.78, 5) is 12.4. The van der Waals surface area contributed by atoms with E-state index in [1.807, 2.05) is 25.1 Å². The van der Waals surface area contributed by atoms with Crippen molar-refractivity contribution in [1.82, 2.24) is 0 Å². The number of aryl methyl sites for hydroxylation is 1. The molecule has 2 nitrogen and oxygen atoms in total. The topological polar surface area (TPSA) is 29.1 Å². The molecule has 0 saturated heterocycles. The monoisotopic (exact) mass is 275 g/mol. The van der Waals surface area contributed by atoms with Crippen LogP contribution in [0.1, 0.15) is 24.8 Å². The van der Waals surface area contributed by atoms with Gasteiger partial charge in [0.1, 0.15) is 0 Å². The second kappa shape index (κ2) is 3.99. The van der Waals surface area contributed by atoms with E-state index in [2.05, 4.69) is 5.32 Å². The van der Waals surface area contributed by atoms with E-state index < -0.39 is 0 Å². The molecule has 0 radical (unpaired) electrons. The summed E-state index contributed by atoms with van der Waals surface area (Å²) >= 11 is 6.00. The minimum absolute atomic E-state index is 0.219. The van der Waals surface area contributed by atoms with Gasteiger partial charge in [0.2, 0.25) is 5.91 Å². The molecule has 2 bridgehead atoms. The highest BCUT2D eigenvalue weighted by molar-refractivity contribution is 6.31. The fraction of sp³-hybridized carbons (Fsp3) is 0.562. The van der Waals surface area contributed by atoms with E-state index in [0.717, 1.165) is 23.1 Å². The SMILES string of the molecule is Cc1ccc(Cl)cc1NC(=O)C1[C@H]2[C@@H]3CC[C@H](C3)[C@H]12. The zero-order valence-corrected chi connectivity index (χ0v) is 11.8. The van der Waals surface area contributed by atoms with Gasteiger partial charge in [0.25, 0.3) is 0 Å². The molecule has 1 aromatic rings. The number of amides is 1. The van der Waals surface area contributed by atoms with Gasteiger partial charge in [-0.05, 0) is 67.6 Å². The molecule has 100 valence electrons. The van der Waals surface area contributed by atoms with Crippen LogP contribution in [0.5, 0.6) is 0 Å². The summed E-state index contributed by atoms with van der Waals surface area (Å²) < 4.78 is 0. The summed E-state index contributed by atoms with van der Waals surface area (Å²) in [6.45, 7) is 2.00. The molecule has 3 heteroatoms. The van der Waals surface area contributed by atoms with Crippen LogP contribution < -0.4 is 5.32 Å². The van der Waals surface area contributed by atoms with E-state index in [-0.39, 0.29) is 11.8 Å². The van der Waals surface area contributed by atoms with Crippen molar-refractivity contribution in [2.75, 3.05) is 5.32 Å². The highest BCUT2D eigenvalue weighted by atomic mass is 35.5. The second-order valence-corrected chi connectivity index (χ2v) is 6.90. The molecule has 0 heterocycles. The fourth-order valence-corrected chi connectivity index (χ4v) is 4.79. The molecule has 0 aliphatic heterocycles. The minimum atomic E-state index is 0.219. The van der Waals surface area contributed by atoms with Gasteiger partial charge in [-0.2, -0.15) is 0 Å². The van der Waals surface area contributed by atoms with Crippen LogP contribution in [0.4, 0.5) is 5.69 Å². The maximum absolute atomic E-state index is 12.4. The van der Waals surface area contributed by atoms with Gasteiger partial charge in [-0.25, -0.2) is 0 Å². The average Bonchev–Trinajstić information content (AvgIpc) is 2.83. The highest BCUT2D eigenvalue weighted by Gasteiger charge is 2.67. The summed E-state index contributed by atoms with van der Waals surface area (Å²) in [6.07, 6.45) is 4.09. The number of nitrogens with one attached hydrogen (secondary N) is 1. The first-order chi connectivity index (χ1) is 9.15. The third-order valence-electron chi connectivity index (χ3n) is 5.50. The molecule has 1 N–H and O–H groups in total. The summed E-state index contributed by atoms with van der Waals surface area (Å²) in [5.41, 5.74) is 1.95. The number of fused-ring (bicyclic) bond motifs is 5. The Morgan fingerprint density at radius 2 is 1.95 bits per heavy atom. The smallest absolute Gasteiger partial charge is 0.228 e. The van der Waals surface area contributed by atoms with Crippen molar-refractivity contribution in [2.24, 2.45) is 29.6 Å². The van der Waals surface area contributed by atoms with Crippen molar-refractivity contribution >= 4 is 23.2 Å². The Labute approximate surface area is 118 Å². The van der Waals surface area contributed by atoms with E-state index in [1.165, 1.54) is 19.3 Å². The number of hydrogen-bond donors (Lipinski definition) is 1. The molecule has 19 heavy (non-hydrogen) atoms. The first-order valence-corrected chi connectivity index (χ1v) is 7.60. The summed E-state index contributed by atoms with van der Waals surface area (Å²) in [6, 6.07) is 5.66. The average molecular weight is 276 g/mol. The molecule has 4 atom stereocenters. The Kier molecular flexibility index (Phi) is 2.47. The highest BCUT2D eigenvalue weighted by Crippen LogP contribution is 2.69. The predicted octanol–water partition coefficient (Wildman–Crippen LogP) is 3.88. The Balaban J connectivity index is 1.50. The van der Waals surface area contributed by atoms with Crippen molar-refractivity contribution in [1.29, 1.82) is 0 Å². The standard InChI is InChI=1S/C16H18ClNO/c1-8-2-5-11(17)7-12(8)18-16(19)15-13-9-3-4-10(6-9)14(13)15/h2,5,7,9-10,13-15H,3-4,6H2,1H3,(H,18,19)/t9-,10-,13+,14+/m1/s1. The van der Waals surface area contributed by atoms with Crippen LogP contribution in [0.25, 0.3) is 0 Å². The molecule has 3 aliphatic carbocycles. The van der Waals surface area contributed by atoms with Crippen LogP contribution in [0.2, 0.25) is 5.02 Å². The summed E-state index contributed by atoms with van der Waals surface area (Å²) in [5.74, 6) is 3.57. The van der Waals surface area contributed by atoms with Crippen LogP contribution in [0, 0.1) is 36.5 Å². The van der Waals surface area contributed by atoms with Gasteiger partial charge < -0.3 is 5.32 Å². The molecule has 4 rings (SSSR count). The van der Waals surface area contributed by atoms with Gasteiger partial charge in [0.15, 0.2) is 0 Å². The van der Waals surface area contributed by atoms with Crippen LogP contribution in [-0.4, -0.2) is 5.91 Å². The lowest BCUT2D eigenvalue weighted by atomic mass is 10.0. The third kappa shape index (κ3) is 1.73. The molecule has 0 unspecified atom stereocenters. The van der Waals surface area contributed by atoms with Gasteiger partial charge in [0.05, 0.1) is 0 Å². The number of anilines is 1. The second-order valence-electron chi connectivity index (χ2n) is 6.46. The Hall–Kier alpha value is -1.02. The summed E-state index contributed by atoms with van der Waals surface area (Å²) in [7, 11) is 0. The molecule has 1 aromatic carbocycles. The summed E-state index contributed by atoms with van der Waals surface area (Å²) in [5, 5.41) is 3.76. The van der Waals surface area contributed by atoms with Crippen LogP contribution in [0.3, 0.4) is 0 Å². The fourth-order valence-electron chi connectivity index (χ4n) is 4.62. The molecule has 0 aromatic heterocycles. The predicted molar refractivity (Wildman–Crippen MR) is 76.1 cm³/mol. The largest absolute Gasteiger partial charge is 0.326 e. The molecule has 3 fully saturated rings. The minimum Gasteiger partial charge on any atom is -0.326 e. The molecule has 0 spiro atoms. The van der Waals surface area contributed by atoms with Crippen molar-refractivity contribution in [3.05, 3.63) is 28.8 Å².